The van der Waals surface area contributed by atoms with Gasteiger partial charge in [-0.1, -0.05) is 30.3 Å². The van der Waals surface area contributed by atoms with E-state index in [0.717, 1.165) is 48.3 Å². The summed E-state index contributed by atoms with van der Waals surface area (Å²) in [6, 6.07) is 8.99. The standard InChI is InChI=1S/C20H20FN3O4S/c1-12(15-4-2-3-5-16(15)13-6-8-23-9-7-13)24-19-17(21)10-14(29(22,26)27)11-18(19)28-20(24)25/h2-6,10-12,23H,7-9H2,1H3,(H2,22,26,27)/t12-/m1/s1. The lowest BCUT2D eigenvalue weighted by Crippen LogP contribution is -2.23. The Morgan fingerprint density at radius 1 is 1.28 bits per heavy atom. The van der Waals surface area contributed by atoms with E-state index in [1.54, 1.807) is 6.92 Å². The van der Waals surface area contributed by atoms with Crippen LogP contribution in [0.15, 0.2) is 56.6 Å². The molecule has 1 aliphatic heterocycles. The maximum atomic E-state index is 14.8. The topological polar surface area (TPSA) is 107 Å². The van der Waals surface area contributed by atoms with E-state index in [1.807, 2.05) is 24.3 Å². The minimum atomic E-state index is -4.14. The highest BCUT2D eigenvalue weighted by molar-refractivity contribution is 7.89. The molecule has 0 bridgehead atoms. The van der Waals surface area contributed by atoms with Crippen molar-refractivity contribution in [1.29, 1.82) is 0 Å². The summed E-state index contributed by atoms with van der Waals surface area (Å²) in [5, 5.41) is 8.35. The van der Waals surface area contributed by atoms with E-state index >= 15 is 0 Å². The summed E-state index contributed by atoms with van der Waals surface area (Å²) >= 11 is 0. The average molecular weight is 417 g/mol. The largest absolute Gasteiger partial charge is 0.420 e. The quantitative estimate of drug-likeness (QED) is 0.678. The number of hydrogen-bond acceptors (Lipinski definition) is 5. The maximum absolute atomic E-state index is 14.8. The van der Waals surface area contributed by atoms with E-state index in [-0.39, 0.29) is 11.1 Å². The van der Waals surface area contributed by atoms with Crippen molar-refractivity contribution in [3.63, 3.8) is 0 Å². The lowest BCUT2D eigenvalue weighted by molar-refractivity contribution is 0.487. The molecule has 4 rings (SSSR count). The summed E-state index contributed by atoms with van der Waals surface area (Å²) in [7, 11) is -4.14. The van der Waals surface area contributed by atoms with Crippen LogP contribution < -0.4 is 16.2 Å². The first-order chi connectivity index (χ1) is 13.8. The molecule has 1 aromatic heterocycles. The minimum Gasteiger partial charge on any atom is -0.408 e. The zero-order valence-corrected chi connectivity index (χ0v) is 16.5. The molecular weight excluding hydrogens is 397 g/mol. The Hall–Kier alpha value is -2.75. The van der Waals surface area contributed by atoms with E-state index in [0.29, 0.717) is 0 Å². The molecule has 0 aliphatic carbocycles. The highest BCUT2D eigenvalue weighted by Gasteiger charge is 2.24. The van der Waals surface area contributed by atoms with E-state index in [1.165, 1.54) is 4.57 Å². The van der Waals surface area contributed by atoms with Crippen LogP contribution in [0.2, 0.25) is 0 Å². The van der Waals surface area contributed by atoms with Crippen LogP contribution in [0.4, 0.5) is 4.39 Å². The minimum absolute atomic E-state index is 0.0935. The second kappa shape index (κ2) is 7.25. The van der Waals surface area contributed by atoms with Gasteiger partial charge in [-0.15, -0.1) is 0 Å². The van der Waals surface area contributed by atoms with Gasteiger partial charge in [0, 0.05) is 12.6 Å². The molecule has 9 heteroatoms. The lowest BCUT2D eigenvalue weighted by Gasteiger charge is -2.21. The van der Waals surface area contributed by atoms with Crippen molar-refractivity contribution in [2.24, 2.45) is 5.14 Å². The Kier molecular flexibility index (Phi) is 4.89. The van der Waals surface area contributed by atoms with Crippen molar-refractivity contribution < 1.29 is 17.2 Å². The summed E-state index contributed by atoms with van der Waals surface area (Å²) in [5.41, 5.74) is 2.74. The van der Waals surface area contributed by atoms with Gasteiger partial charge in [0.1, 0.15) is 5.52 Å². The summed E-state index contributed by atoms with van der Waals surface area (Å²) in [6.07, 6.45) is 2.95. The third kappa shape index (κ3) is 3.52. The number of halogens is 1. The van der Waals surface area contributed by atoms with E-state index in [9.17, 15) is 17.6 Å². The van der Waals surface area contributed by atoms with Crippen LogP contribution in [0.25, 0.3) is 16.7 Å². The van der Waals surface area contributed by atoms with Gasteiger partial charge in [-0.25, -0.2) is 22.7 Å². The molecule has 0 amide bonds. The normalized spacial score (nSPS) is 16.0. The Morgan fingerprint density at radius 3 is 2.72 bits per heavy atom. The number of oxazole rings is 1. The summed E-state index contributed by atoms with van der Waals surface area (Å²) in [4.78, 5) is 12.1. The number of fused-ring (bicyclic) bond motifs is 1. The van der Waals surface area contributed by atoms with Gasteiger partial charge in [0.15, 0.2) is 11.4 Å². The number of aromatic nitrogens is 1. The zero-order chi connectivity index (χ0) is 20.8. The maximum Gasteiger partial charge on any atom is 0.420 e. The summed E-state index contributed by atoms with van der Waals surface area (Å²) in [6.45, 7) is 3.40. The molecule has 2 heterocycles. The third-order valence-corrected chi connectivity index (χ3v) is 6.07. The second-order valence-corrected chi connectivity index (χ2v) is 8.54. The van der Waals surface area contributed by atoms with Crippen molar-refractivity contribution in [3.8, 4) is 0 Å². The van der Waals surface area contributed by atoms with Crippen LogP contribution in [0, 0.1) is 5.82 Å². The molecule has 0 saturated carbocycles. The van der Waals surface area contributed by atoms with Crippen molar-refractivity contribution in [3.05, 3.63) is 70.0 Å². The van der Waals surface area contributed by atoms with Gasteiger partial charge in [-0.3, -0.25) is 4.57 Å². The van der Waals surface area contributed by atoms with Crippen molar-refractivity contribution in [1.82, 2.24) is 9.88 Å². The molecule has 0 radical (unpaired) electrons. The number of benzene rings is 2. The Balaban J connectivity index is 1.89. The van der Waals surface area contributed by atoms with Crippen LogP contribution in [0.1, 0.15) is 30.5 Å². The Morgan fingerprint density at radius 2 is 2.03 bits per heavy atom. The first kappa shape index (κ1) is 19.6. The Labute approximate surface area is 166 Å². The predicted molar refractivity (Wildman–Crippen MR) is 108 cm³/mol. The van der Waals surface area contributed by atoms with Crippen LogP contribution in [0.3, 0.4) is 0 Å². The number of hydrogen-bond donors (Lipinski definition) is 2. The predicted octanol–water partition coefficient (Wildman–Crippen LogP) is 2.37. The Bertz CT molecular complexity index is 1290. The number of nitrogens with one attached hydrogen (secondary N) is 1. The lowest BCUT2D eigenvalue weighted by atomic mass is 9.92. The van der Waals surface area contributed by atoms with E-state index < -0.39 is 32.5 Å². The molecule has 0 spiro atoms. The number of nitrogens with zero attached hydrogens (tertiary/aromatic N) is 1. The molecule has 0 saturated heterocycles. The summed E-state index contributed by atoms with van der Waals surface area (Å²) < 4.78 is 44.3. The first-order valence-corrected chi connectivity index (χ1v) is 10.7. The van der Waals surface area contributed by atoms with E-state index in [4.69, 9.17) is 9.56 Å². The van der Waals surface area contributed by atoms with Crippen molar-refractivity contribution in [2.75, 3.05) is 13.1 Å². The first-order valence-electron chi connectivity index (χ1n) is 9.14. The number of sulfonamides is 1. The van der Waals surface area contributed by atoms with Crippen LogP contribution in [-0.4, -0.2) is 26.1 Å². The van der Waals surface area contributed by atoms with Gasteiger partial charge in [-0.2, -0.15) is 0 Å². The van der Waals surface area contributed by atoms with Crippen LogP contribution >= 0.6 is 0 Å². The molecule has 1 atom stereocenters. The number of rotatable bonds is 4. The van der Waals surface area contributed by atoms with Crippen LogP contribution in [0.5, 0.6) is 0 Å². The van der Waals surface area contributed by atoms with E-state index in [2.05, 4.69) is 11.4 Å². The molecule has 0 unspecified atom stereocenters. The third-order valence-electron chi connectivity index (χ3n) is 5.17. The molecule has 1 aliphatic rings. The molecule has 152 valence electrons. The average Bonchev–Trinajstić information content (AvgIpc) is 3.04. The zero-order valence-electron chi connectivity index (χ0n) is 15.7. The van der Waals surface area contributed by atoms with Gasteiger partial charge in [0.05, 0.1) is 10.9 Å². The molecule has 3 aromatic rings. The number of primary sulfonamides is 1. The fraction of sp³-hybridized carbons (Fsp3) is 0.250. The SMILES string of the molecule is C[C@H](c1ccccc1C1=CCNCC1)n1c(=O)oc2cc(S(N)(=O)=O)cc(F)c21. The molecule has 29 heavy (non-hydrogen) atoms. The molecule has 2 aromatic carbocycles. The highest BCUT2D eigenvalue weighted by atomic mass is 32.2. The second-order valence-electron chi connectivity index (χ2n) is 6.98. The van der Waals surface area contributed by atoms with Gasteiger partial charge in [0.2, 0.25) is 10.0 Å². The smallest absolute Gasteiger partial charge is 0.408 e. The van der Waals surface area contributed by atoms with Gasteiger partial charge in [0.25, 0.3) is 0 Å². The fourth-order valence-electron chi connectivity index (χ4n) is 3.77. The monoisotopic (exact) mass is 417 g/mol. The van der Waals surface area contributed by atoms with Gasteiger partial charge < -0.3 is 9.73 Å². The van der Waals surface area contributed by atoms with Crippen molar-refractivity contribution >= 4 is 26.7 Å². The molecule has 7 nitrogen and oxygen atoms in total. The molecular formula is C20H20FN3O4S. The van der Waals surface area contributed by atoms with Gasteiger partial charge >= 0.3 is 5.76 Å². The van der Waals surface area contributed by atoms with Crippen LogP contribution in [-0.2, 0) is 10.0 Å². The highest BCUT2D eigenvalue weighted by Crippen LogP contribution is 2.32. The van der Waals surface area contributed by atoms with Crippen molar-refractivity contribution in [2.45, 2.75) is 24.3 Å². The number of nitrogens with two attached hydrogens (primary N) is 1. The summed E-state index contributed by atoms with van der Waals surface area (Å²) in [5.74, 6) is -1.66. The van der Waals surface area contributed by atoms with Gasteiger partial charge in [-0.05, 0) is 42.7 Å². The molecule has 3 N–H and O–H groups in total. The fourth-order valence-corrected chi connectivity index (χ4v) is 4.31. The molecule has 0 fully saturated rings.